The van der Waals surface area contributed by atoms with Gasteiger partial charge < -0.3 is 19.1 Å². The van der Waals surface area contributed by atoms with Gasteiger partial charge >= 0.3 is 18.0 Å². The Kier molecular flexibility index (Phi) is 31.8. The molecule has 53 heavy (non-hydrogen) atoms. The molecule has 1 aliphatic heterocycles. The molecule has 0 aromatic carbocycles. The first-order chi connectivity index (χ1) is 25.8. The van der Waals surface area contributed by atoms with Gasteiger partial charge in [-0.2, -0.15) is 0 Å². The Morgan fingerprint density at radius 3 is 1.32 bits per heavy atom. The summed E-state index contributed by atoms with van der Waals surface area (Å²) < 4.78 is 16.8. The van der Waals surface area contributed by atoms with Gasteiger partial charge in [-0.25, -0.2) is 4.79 Å². The smallest absolute Gasteiger partial charge is 0.410 e. The van der Waals surface area contributed by atoms with Crippen molar-refractivity contribution in [3.05, 3.63) is 12.2 Å². The van der Waals surface area contributed by atoms with E-state index in [1.165, 1.54) is 122 Å². The molecular formula is C45H84N2O6. The molecule has 1 fully saturated rings. The van der Waals surface area contributed by atoms with Crippen LogP contribution >= 0.6 is 0 Å². The van der Waals surface area contributed by atoms with E-state index in [2.05, 4.69) is 44.7 Å². The average molecular weight is 749 g/mol. The van der Waals surface area contributed by atoms with Crippen molar-refractivity contribution < 1.29 is 28.6 Å². The van der Waals surface area contributed by atoms with Crippen LogP contribution in [0.25, 0.3) is 0 Å². The summed E-state index contributed by atoms with van der Waals surface area (Å²) >= 11 is 0. The van der Waals surface area contributed by atoms with E-state index in [9.17, 15) is 14.4 Å². The maximum absolute atomic E-state index is 13.0. The van der Waals surface area contributed by atoms with Gasteiger partial charge in [0.1, 0.15) is 13.2 Å². The molecule has 0 saturated carbocycles. The summed E-state index contributed by atoms with van der Waals surface area (Å²) in [6.45, 7) is 10.2. The largest absolute Gasteiger partial charge is 0.462 e. The molecule has 8 nitrogen and oxygen atoms in total. The van der Waals surface area contributed by atoms with E-state index < -0.39 is 12.2 Å². The van der Waals surface area contributed by atoms with Crippen molar-refractivity contribution in [3.63, 3.8) is 0 Å². The van der Waals surface area contributed by atoms with Gasteiger partial charge in [0, 0.05) is 39.0 Å². The number of hydrogen-bond donors (Lipinski definition) is 0. The van der Waals surface area contributed by atoms with E-state index in [-0.39, 0.29) is 31.2 Å². The predicted octanol–water partition coefficient (Wildman–Crippen LogP) is 12.1. The summed E-state index contributed by atoms with van der Waals surface area (Å²) in [4.78, 5) is 42.0. The van der Waals surface area contributed by atoms with Gasteiger partial charge in [-0.1, -0.05) is 154 Å². The molecule has 1 atom stereocenters. The fourth-order valence-electron chi connectivity index (χ4n) is 6.79. The lowest BCUT2D eigenvalue weighted by Gasteiger charge is -2.45. The summed E-state index contributed by atoms with van der Waals surface area (Å²) in [6.07, 6.45) is 35.9. The second-order valence-corrected chi connectivity index (χ2v) is 16.0. The quantitative estimate of drug-likeness (QED) is 0.0273. The first kappa shape index (κ1) is 48.9. The fraction of sp³-hybridized carbons (Fsp3) is 0.889. The molecule has 0 aromatic rings. The molecule has 310 valence electrons. The lowest BCUT2D eigenvalue weighted by molar-refractivity contribution is -0.153. The zero-order valence-electron chi connectivity index (χ0n) is 35.4. The molecule has 0 aromatic heterocycles. The van der Waals surface area contributed by atoms with Crippen LogP contribution < -0.4 is 0 Å². The highest BCUT2D eigenvalue weighted by Crippen LogP contribution is 2.18. The molecule has 0 bridgehead atoms. The first-order valence-electron chi connectivity index (χ1n) is 22.4. The number of ether oxygens (including phenoxy) is 3. The molecule has 8 heteroatoms. The van der Waals surface area contributed by atoms with Crippen molar-refractivity contribution in [1.29, 1.82) is 0 Å². The van der Waals surface area contributed by atoms with E-state index in [1.54, 1.807) is 11.9 Å². The van der Waals surface area contributed by atoms with Gasteiger partial charge in [0.2, 0.25) is 0 Å². The SMILES string of the molecule is CCCCCCCC/C=C\CCCCCCCC(=O)OCC(COC(=O)CCCCCCCCCCCCCCC)OC(=O)N(C)C1CN(C(C)C)C1. The molecule has 0 radical (unpaired) electrons. The van der Waals surface area contributed by atoms with Gasteiger partial charge in [0.25, 0.3) is 0 Å². The summed E-state index contributed by atoms with van der Waals surface area (Å²) in [5.41, 5.74) is 0. The molecule has 0 aliphatic carbocycles. The zero-order valence-corrected chi connectivity index (χ0v) is 35.4. The standard InChI is InChI=1S/C45H84N2O6/c1-6-8-10-12-14-16-18-20-21-23-25-27-29-31-33-35-44(49)52-39-42(53-45(50)46(5)41-36-47(37-41)40(3)4)38-51-43(48)34-32-30-28-26-24-22-19-17-15-13-11-9-7-2/h20-21,40-42H,6-19,22-39H2,1-5H3/b21-20-. The molecular weight excluding hydrogens is 665 g/mol. The number of allylic oxidation sites excluding steroid dienone is 2. The second-order valence-electron chi connectivity index (χ2n) is 16.0. The van der Waals surface area contributed by atoms with Gasteiger partial charge in [0.05, 0.1) is 6.04 Å². The Morgan fingerprint density at radius 2 is 0.943 bits per heavy atom. The number of likely N-dealkylation sites (tertiary alicyclic amines) is 1. The number of nitrogens with zero attached hydrogens (tertiary/aromatic N) is 2. The number of unbranched alkanes of at least 4 members (excludes halogenated alkanes) is 23. The number of hydrogen-bond acceptors (Lipinski definition) is 7. The van der Waals surface area contributed by atoms with Crippen LogP contribution in [0.4, 0.5) is 4.79 Å². The zero-order chi connectivity index (χ0) is 38.8. The lowest BCUT2D eigenvalue weighted by Crippen LogP contribution is -2.61. The van der Waals surface area contributed by atoms with E-state index in [1.807, 2.05) is 0 Å². The lowest BCUT2D eigenvalue weighted by atomic mass is 10.0. The summed E-state index contributed by atoms with van der Waals surface area (Å²) in [5.74, 6) is -0.601. The predicted molar refractivity (Wildman–Crippen MR) is 220 cm³/mol. The molecule has 1 heterocycles. The van der Waals surface area contributed by atoms with E-state index >= 15 is 0 Å². The highest BCUT2D eigenvalue weighted by atomic mass is 16.6. The number of carbonyl (C=O) groups is 3. The first-order valence-corrected chi connectivity index (χ1v) is 22.4. The molecule has 0 N–H and O–H groups in total. The van der Waals surface area contributed by atoms with Crippen LogP contribution in [-0.4, -0.2) is 79.4 Å². The third kappa shape index (κ3) is 28.0. The summed E-state index contributed by atoms with van der Waals surface area (Å²) in [6, 6.07) is 0.506. The van der Waals surface area contributed by atoms with Gasteiger partial charge in [-0.05, 0) is 52.4 Å². The Labute approximate surface area is 326 Å². The minimum Gasteiger partial charge on any atom is -0.462 e. The number of esters is 2. The molecule has 1 rings (SSSR count). The second kappa shape index (κ2) is 34.4. The normalized spacial score (nSPS) is 14.1. The monoisotopic (exact) mass is 749 g/mol. The van der Waals surface area contributed by atoms with Crippen LogP contribution in [0.3, 0.4) is 0 Å². The number of likely N-dealkylation sites (N-methyl/N-ethyl adjacent to an activating group) is 1. The van der Waals surface area contributed by atoms with Gasteiger partial charge in [0.15, 0.2) is 6.10 Å². The van der Waals surface area contributed by atoms with Gasteiger partial charge in [-0.15, -0.1) is 0 Å². The highest BCUT2D eigenvalue weighted by molar-refractivity contribution is 5.70. The summed E-state index contributed by atoms with van der Waals surface area (Å²) in [7, 11) is 1.74. The Bertz CT molecular complexity index is 919. The van der Waals surface area contributed by atoms with Crippen molar-refractivity contribution in [2.75, 3.05) is 33.4 Å². The Morgan fingerprint density at radius 1 is 0.585 bits per heavy atom. The maximum Gasteiger partial charge on any atom is 0.410 e. The topological polar surface area (TPSA) is 85.4 Å². The van der Waals surface area contributed by atoms with Crippen molar-refractivity contribution in [2.24, 2.45) is 0 Å². The number of carbonyl (C=O) groups excluding carboxylic acids is 3. The number of rotatable bonds is 36. The van der Waals surface area contributed by atoms with Crippen LogP contribution in [0.15, 0.2) is 12.2 Å². The van der Waals surface area contributed by atoms with Crippen molar-refractivity contribution in [3.8, 4) is 0 Å². The molecule has 1 amide bonds. The van der Waals surface area contributed by atoms with E-state index in [0.717, 1.165) is 58.0 Å². The van der Waals surface area contributed by atoms with Crippen molar-refractivity contribution in [2.45, 2.75) is 226 Å². The molecule has 1 unspecified atom stereocenters. The van der Waals surface area contributed by atoms with Crippen LogP contribution in [-0.2, 0) is 23.8 Å². The minimum absolute atomic E-state index is 0.0762. The van der Waals surface area contributed by atoms with Crippen LogP contribution in [0, 0.1) is 0 Å². The van der Waals surface area contributed by atoms with Crippen molar-refractivity contribution in [1.82, 2.24) is 9.80 Å². The van der Waals surface area contributed by atoms with Gasteiger partial charge in [-0.3, -0.25) is 14.5 Å². The third-order valence-corrected chi connectivity index (χ3v) is 10.7. The van der Waals surface area contributed by atoms with E-state index in [4.69, 9.17) is 14.2 Å². The highest BCUT2D eigenvalue weighted by Gasteiger charge is 2.35. The van der Waals surface area contributed by atoms with Crippen LogP contribution in [0.2, 0.25) is 0 Å². The summed E-state index contributed by atoms with van der Waals surface area (Å²) in [5, 5.41) is 0. The molecule has 1 saturated heterocycles. The van der Waals surface area contributed by atoms with Crippen LogP contribution in [0.1, 0.15) is 207 Å². The Hall–Kier alpha value is -2.09. The Balaban J connectivity index is 2.28. The molecule has 1 aliphatic rings. The fourth-order valence-corrected chi connectivity index (χ4v) is 6.79. The maximum atomic E-state index is 13.0. The minimum atomic E-state index is -0.833. The molecule has 0 spiro atoms. The third-order valence-electron chi connectivity index (χ3n) is 10.7. The van der Waals surface area contributed by atoms with Crippen LogP contribution in [0.5, 0.6) is 0 Å². The van der Waals surface area contributed by atoms with E-state index in [0.29, 0.717) is 18.9 Å². The average Bonchev–Trinajstić information content (AvgIpc) is 3.12. The number of amides is 1. The van der Waals surface area contributed by atoms with Crippen molar-refractivity contribution >= 4 is 18.0 Å².